The van der Waals surface area contributed by atoms with Gasteiger partial charge in [-0.3, -0.25) is 0 Å². The summed E-state index contributed by atoms with van der Waals surface area (Å²) in [6.07, 6.45) is 6.08. The third-order valence-corrected chi connectivity index (χ3v) is 1.98. The van der Waals surface area contributed by atoms with Crippen molar-refractivity contribution in [3.8, 4) is 0 Å². The zero-order valence-electron chi connectivity index (χ0n) is 7.42. The van der Waals surface area contributed by atoms with Gasteiger partial charge in [0.2, 0.25) is 0 Å². The van der Waals surface area contributed by atoms with E-state index in [0.717, 1.165) is 11.0 Å². The Morgan fingerprint density at radius 2 is 2.33 bits per heavy atom. The molecule has 1 aliphatic rings. The highest BCUT2D eigenvalue weighted by molar-refractivity contribution is 9.11. The number of β-amino-alcohol motifs (C(OH)–C–C–N with tert-alkyl or cyclic N) is 1. The first-order valence-corrected chi connectivity index (χ1v) is 4.77. The molecule has 1 N–H and O–H groups in total. The number of hydrogen-bond acceptors (Lipinski definition) is 2. The molecule has 0 fully saturated rings. The average Bonchev–Trinajstić information content (AvgIpc) is 1.82. The molecule has 12 heavy (non-hydrogen) atoms. The molecule has 0 unspecified atom stereocenters. The van der Waals surface area contributed by atoms with Crippen molar-refractivity contribution >= 4 is 15.9 Å². The van der Waals surface area contributed by atoms with Gasteiger partial charge in [0.25, 0.3) is 0 Å². The summed E-state index contributed by atoms with van der Waals surface area (Å²) >= 11 is 3.39. The Hall–Kier alpha value is -0.280. The van der Waals surface area contributed by atoms with E-state index in [2.05, 4.69) is 26.9 Å². The van der Waals surface area contributed by atoms with Gasteiger partial charge in [-0.05, 0) is 35.9 Å². The third kappa shape index (κ3) is 3.41. The molecule has 3 heteroatoms. The Labute approximate surface area is 81.7 Å². The summed E-state index contributed by atoms with van der Waals surface area (Å²) in [4.78, 5) is 2.07. The molecule has 0 aromatic rings. The smallest absolute Gasteiger partial charge is 0.0765 e. The lowest BCUT2D eigenvalue weighted by Crippen LogP contribution is -2.36. The minimum absolute atomic E-state index is 0.630. The molecule has 0 amide bonds. The third-order valence-electron chi connectivity index (χ3n) is 1.51. The molecule has 0 saturated heterocycles. The lowest BCUT2D eigenvalue weighted by Gasteiger charge is -2.28. The molecule has 0 spiro atoms. The van der Waals surface area contributed by atoms with Crippen LogP contribution in [0.3, 0.4) is 0 Å². The standard InChI is InChI=1S/C9H14BrNO/c1-9(2,12)7-11-5-3-4-8(10)6-11/h3-4,6,12H,5,7H2,1-2H3. The largest absolute Gasteiger partial charge is 0.389 e. The summed E-state index contributed by atoms with van der Waals surface area (Å²) in [7, 11) is 0. The van der Waals surface area contributed by atoms with Crippen LogP contribution in [0.1, 0.15) is 13.8 Å². The topological polar surface area (TPSA) is 23.5 Å². The Balaban J connectivity index is 2.51. The maximum Gasteiger partial charge on any atom is 0.0765 e. The molecule has 1 heterocycles. The van der Waals surface area contributed by atoms with Crippen molar-refractivity contribution in [2.24, 2.45) is 0 Å². The van der Waals surface area contributed by atoms with Crippen molar-refractivity contribution in [1.82, 2.24) is 4.90 Å². The SMILES string of the molecule is CC(C)(O)CN1C=C(Br)C=CC1. The van der Waals surface area contributed by atoms with Crippen molar-refractivity contribution in [3.05, 3.63) is 22.8 Å². The fourth-order valence-corrected chi connectivity index (χ4v) is 1.65. The fraction of sp³-hybridized carbons (Fsp3) is 0.556. The van der Waals surface area contributed by atoms with Crippen LogP contribution in [0.4, 0.5) is 0 Å². The van der Waals surface area contributed by atoms with Crippen LogP contribution in [0.2, 0.25) is 0 Å². The molecule has 68 valence electrons. The minimum Gasteiger partial charge on any atom is -0.389 e. The normalized spacial score (nSPS) is 18.0. The Kier molecular flexibility index (Phi) is 2.96. The van der Waals surface area contributed by atoms with E-state index in [1.807, 2.05) is 26.1 Å². The minimum atomic E-state index is -0.630. The summed E-state index contributed by atoms with van der Waals surface area (Å²) in [5.41, 5.74) is -0.630. The summed E-state index contributed by atoms with van der Waals surface area (Å²) in [5.74, 6) is 0. The second-order valence-electron chi connectivity index (χ2n) is 3.66. The number of halogens is 1. The summed E-state index contributed by atoms with van der Waals surface area (Å²) in [5, 5.41) is 9.55. The van der Waals surface area contributed by atoms with Gasteiger partial charge in [0.05, 0.1) is 5.60 Å². The van der Waals surface area contributed by atoms with Crippen LogP contribution in [-0.2, 0) is 0 Å². The zero-order valence-corrected chi connectivity index (χ0v) is 9.00. The number of rotatable bonds is 2. The van der Waals surface area contributed by atoms with Crippen LogP contribution < -0.4 is 0 Å². The first kappa shape index (κ1) is 9.81. The van der Waals surface area contributed by atoms with E-state index in [1.54, 1.807) is 0 Å². The van der Waals surface area contributed by atoms with Crippen molar-refractivity contribution in [1.29, 1.82) is 0 Å². The predicted octanol–water partition coefficient (Wildman–Crippen LogP) is 1.87. The molecule has 1 aliphatic heterocycles. The molecule has 0 aromatic heterocycles. The highest BCUT2D eigenvalue weighted by Gasteiger charge is 2.16. The second kappa shape index (κ2) is 3.62. The molecule has 0 atom stereocenters. The van der Waals surface area contributed by atoms with E-state index in [-0.39, 0.29) is 0 Å². The maximum absolute atomic E-state index is 9.55. The highest BCUT2D eigenvalue weighted by atomic mass is 79.9. The maximum atomic E-state index is 9.55. The number of nitrogens with zero attached hydrogens (tertiary/aromatic N) is 1. The van der Waals surface area contributed by atoms with E-state index in [9.17, 15) is 5.11 Å². The lowest BCUT2D eigenvalue weighted by molar-refractivity contribution is 0.0531. The molecule has 0 aliphatic carbocycles. The van der Waals surface area contributed by atoms with Crippen LogP contribution in [0.15, 0.2) is 22.8 Å². The van der Waals surface area contributed by atoms with E-state index >= 15 is 0 Å². The van der Waals surface area contributed by atoms with Gasteiger partial charge in [-0.15, -0.1) is 0 Å². The van der Waals surface area contributed by atoms with E-state index in [4.69, 9.17) is 0 Å². The van der Waals surface area contributed by atoms with Gasteiger partial charge in [0.15, 0.2) is 0 Å². The molecule has 0 bridgehead atoms. The van der Waals surface area contributed by atoms with Crippen molar-refractivity contribution in [2.45, 2.75) is 19.4 Å². The van der Waals surface area contributed by atoms with Crippen LogP contribution in [0.25, 0.3) is 0 Å². The quantitative estimate of drug-likeness (QED) is 0.785. The predicted molar refractivity (Wildman–Crippen MR) is 54.0 cm³/mol. The molecule has 2 nitrogen and oxygen atoms in total. The zero-order chi connectivity index (χ0) is 9.19. The van der Waals surface area contributed by atoms with E-state index < -0.39 is 5.60 Å². The molecule has 1 rings (SSSR count). The van der Waals surface area contributed by atoms with Gasteiger partial charge < -0.3 is 10.0 Å². The first-order valence-electron chi connectivity index (χ1n) is 3.98. The molecular weight excluding hydrogens is 218 g/mol. The van der Waals surface area contributed by atoms with E-state index in [0.29, 0.717) is 6.54 Å². The molecule has 0 saturated carbocycles. The van der Waals surface area contributed by atoms with Gasteiger partial charge in [-0.2, -0.15) is 0 Å². The van der Waals surface area contributed by atoms with Crippen molar-refractivity contribution < 1.29 is 5.11 Å². The van der Waals surface area contributed by atoms with Crippen LogP contribution >= 0.6 is 15.9 Å². The Bertz CT molecular complexity index is 215. The Morgan fingerprint density at radius 3 is 2.83 bits per heavy atom. The van der Waals surface area contributed by atoms with Gasteiger partial charge >= 0.3 is 0 Å². The molecular formula is C9H14BrNO. The fourth-order valence-electron chi connectivity index (χ4n) is 1.18. The second-order valence-corrected chi connectivity index (χ2v) is 4.57. The summed E-state index contributed by atoms with van der Waals surface area (Å²) in [6, 6.07) is 0. The number of allylic oxidation sites excluding steroid dienone is 2. The van der Waals surface area contributed by atoms with E-state index in [1.165, 1.54) is 0 Å². The van der Waals surface area contributed by atoms with Crippen LogP contribution in [0.5, 0.6) is 0 Å². The van der Waals surface area contributed by atoms with Crippen LogP contribution in [0, 0.1) is 0 Å². The van der Waals surface area contributed by atoms with Crippen molar-refractivity contribution in [3.63, 3.8) is 0 Å². The van der Waals surface area contributed by atoms with Gasteiger partial charge in [0, 0.05) is 23.8 Å². The van der Waals surface area contributed by atoms with Gasteiger partial charge in [0.1, 0.15) is 0 Å². The highest BCUT2D eigenvalue weighted by Crippen LogP contribution is 2.15. The van der Waals surface area contributed by atoms with Gasteiger partial charge in [-0.1, -0.05) is 6.08 Å². The molecule has 0 aromatic carbocycles. The molecule has 0 radical (unpaired) electrons. The monoisotopic (exact) mass is 231 g/mol. The van der Waals surface area contributed by atoms with Crippen LogP contribution in [-0.4, -0.2) is 28.7 Å². The number of hydrogen-bond donors (Lipinski definition) is 1. The summed E-state index contributed by atoms with van der Waals surface area (Å²) in [6.45, 7) is 5.16. The average molecular weight is 232 g/mol. The summed E-state index contributed by atoms with van der Waals surface area (Å²) < 4.78 is 1.05. The lowest BCUT2D eigenvalue weighted by atomic mass is 10.1. The van der Waals surface area contributed by atoms with Crippen molar-refractivity contribution in [2.75, 3.05) is 13.1 Å². The first-order chi connectivity index (χ1) is 5.47. The number of aliphatic hydroxyl groups is 1. The Morgan fingerprint density at radius 1 is 1.67 bits per heavy atom. The van der Waals surface area contributed by atoms with Gasteiger partial charge in [-0.25, -0.2) is 0 Å².